The van der Waals surface area contributed by atoms with Crippen LogP contribution in [0.4, 0.5) is 0 Å². The summed E-state index contributed by atoms with van der Waals surface area (Å²) in [6, 6.07) is 0. The molecule has 13 heavy (non-hydrogen) atoms. The molecule has 2 aliphatic carbocycles. The fraction of sp³-hybridized carbons (Fsp3) is 1.00. The van der Waals surface area contributed by atoms with Gasteiger partial charge in [-0.15, -0.1) is 0 Å². The Hall–Kier alpha value is -0.0400. The molecule has 0 radical (unpaired) electrons. The Bertz CT molecular complexity index is 197. The van der Waals surface area contributed by atoms with Gasteiger partial charge in [-0.1, -0.05) is 20.8 Å². The van der Waals surface area contributed by atoms with Gasteiger partial charge in [0.25, 0.3) is 0 Å². The SMILES string of the molecule is CC[C@@H](O)[C@H]1[C@@H]2CC[C@@H](C2)C1(C)C. The van der Waals surface area contributed by atoms with Gasteiger partial charge >= 0.3 is 0 Å². The van der Waals surface area contributed by atoms with Crippen LogP contribution in [0, 0.1) is 23.2 Å². The van der Waals surface area contributed by atoms with Gasteiger partial charge in [0.1, 0.15) is 0 Å². The molecule has 0 aromatic heterocycles. The molecule has 4 atom stereocenters. The molecule has 0 amide bonds. The van der Waals surface area contributed by atoms with Crippen molar-refractivity contribution >= 4 is 0 Å². The van der Waals surface area contributed by atoms with Gasteiger partial charge in [0, 0.05) is 0 Å². The van der Waals surface area contributed by atoms with Gasteiger partial charge in [0.15, 0.2) is 0 Å². The maximum absolute atomic E-state index is 10.0. The third-order valence-corrected chi connectivity index (χ3v) is 4.73. The van der Waals surface area contributed by atoms with Gasteiger partial charge in [-0.25, -0.2) is 0 Å². The zero-order valence-electron chi connectivity index (χ0n) is 9.09. The van der Waals surface area contributed by atoms with Gasteiger partial charge in [-0.3, -0.25) is 0 Å². The first-order chi connectivity index (χ1) is 6.07. The van der Waals surface area contributed by atoms with Crippen molar-refractivity contribution in [3.63, 3.8) is 0 Å². The second kappa shape index (κ2) is 2.98. The lowest BCUT2D eigenvalue weighted by Gasteiger charge is -2.40. The van der Waals surface area contributed by atoms with Crippen molar-refractivity contribution < 1.29 is 5.11 Å². The monoisotopic (exact) mass is 182 g/mol. The van der Waals surface area contributed by atoms with Crippen LogP contribution in [-0.4, -0.2) is 11.2 Å². The highest BCUT2D eigenvalue weighted by Gasteiger charge is 2.54. The van der Waals surface area contributed by atoms with Crippen LogP contribution in [0.3, 0.4) is 0 Å². The third-order valence-electron chi connectivity index (χ3n) is 4.73. The molecule has 1 N–H and O–H groups in total. The van der Waals surface area contributed by atoms with Crippen molar-refractivity contribution in [3.05, 3.63) is 0 Å². The van der Waals surface area contributed by atoms with Crippen LogP contribution in [0.1, 0.15) is 46.5 Å². The van der Waals surface area contributed by atoms with E-state index >= 15 is 0 Å². The smallest absolute Gasteiger partial charge is 0.0573 e. The quantitative estimate of drug-likeness (QED) is 0.696. The Balaban J connectivity index is 2.18. The summed E-state index contributed by atoms with van der Waals surface area (Å²) < 4.78 is 0. The molecule has 0 aromatic carbocycles. The molecule has 2 rings (SSSR count). The second-order valence-corrected chi connectivity index (χ2v) is 5.59. The molecule has 0 unspecified atom stereocenters. The van der Waals surface area contributed by atoms with Crippen molar-refractivity contribution in [1.29, 1.82) is 0 Å². The average Bonchev–Trinajstić information content (AvgIpc) is 2.60. The molecular formula is C12H22O. The summed E-state index contributed by atoms with van der Waals surface area (Å²) in [5, 5.41) is 10.0. The maximum atomic E-state index is 10.0. The third kappa shape index (κ3) is 1.24. The van der Waals surface area contributed by atoms with Crippen LogP contribution in [0.15, 0.2) is 0 Å². The predicted octanol–water partition coefficient (Wildman–Crippen LogP) is 2.83. The number of fused-ring (bicyclic) bond motifs is 2. The van der Waals surface area contributed by atoms with Crippen LogP contribution in [0.25, 0.3) is 0 Å². The highest BCUT2D eigenvalue weighted by atomic mass is 16.3. The maximum Gasteiger partial charge on any atom is 0.0573 e. The Kier molecular flexibility index (Phi) is 2.18. The van der Waals surface area contributed by atoms with Crippen LogP contribution in [-0.2, 0) is 0 Å². The molecule has 1 nitrogen and oxygen atoms in total. The van der Waals surface area contributed by atoms with E-state index in [1.807, 2.05) is 0 Å². The minimum atomic E-state index is -0.0506. The first-order valence-corrected chi connectivity index (χ1v) is 5.75. The molecule has 0 heterocycles. The van der Waals surface area contributed by atoms with Crippen molar-refractivity contribution in [2.24, 2.45) is 23.2 Å². The van der Waals surface area contributed by atoms with E-state index in [4.69, 9.17) is 0 Å². The summed E-state index contributed by atoms with van der Waals surface area (Å²) in [5.41, 5.74) is 0.401. The first-order valence-electron chi connectivity index (χ1n) is 5.75. The van der Waals surface area contributed by atoms with E-state index in [0.29, 0.717) is 11.3 Å². The minimum Gasteiger partial charge on any atom is -0.393 e. The summed E-state index contributed by atoms with van der Waals surface area (Å²) in [7, 11) is 0. The van der Waals surface area contributed by atoms with Gasteiger partial charge in [0.2, 0.25) is 0 Å². The average molecular weight is 182 g/mol. The van der Waals surface area contributed by atoms with Crippen LogP contribution in [0.5, 0.6) is 0 Å². The molecule has 0 aromatic rings. The molecule has 0 spiro atoms. The standard InChI is InChI=1S/C12H22O/c1-4-10(13)11-8-5-6-9(7-8)12(11,2)3/h8-11,13H,4-7H2,1-3H3/t8-,9+,10-,11-/m1/s1. The van der Waals surface area contributed by atoms with Gasteiger partial charge in [-0.05, 0) is 48.9 Å². The van der Waals surface area contributed by atoms with Crippen LogP contribution < -0.4 is 0 Å². The Morgan fingerprint density at radius 2 is 2.08 bits per heavy atom. The van der Waals surface area contributed by atoms with Crippen molar-refractivity contribution in [3.8, 4) is 0 Å². The highest BCUT2D eigenvalue weighted by Crippen LogP contribution is 2.60. The number of aliphatic hydroxyl groups is 1. The minimum absolute atomic E-state index is 0.0506. The zero-order chi connectivity index (χ0) is 9.64. The fourth-order valence-corrected chi connectivity index (χ4v) is 3.96. The molecule has 2 bridgehead atoms. The van der Waals surface area contributed by atoms with Crippen molar-refractivity contribution in [2.75, 3.05) is 0 Å². The number of rotatable bonds is 2. The van der Waals surface area contributed by atoms with E-state index in [1.165, 1.54) is 19.3 Å². The van der Waals surface area contributed by atoms with Crippen LogP contribution in [0.2, 0.25) is 0 Å². The fourth-order valence-electron chi connectivity index (χ4n) is 3.96. The molecule has 0 aliphatic heterocycles. The summed E-state index contributed by atoms with van der Waals surface area (Å²) in [4.78, 5) is 0. The van der Waals surface area contributed by atoms with Crippen molar-refractivity contribution in [1.82, 2.24) is 0 Å². The Labute approximate surface area is 81.5 Å². The molecule has 0 saturated heterocycles. The van der Waals surface area contributed by atoms with E-state index in [9.17, 15) is 5.11 Å². The lowest BCUT2D eigenvalue weighted by Crippen LogP contribution is -2.38. The number of hydrogen-bond acceptors (Lipinski definition) is 1. The molecular weight excluding hydrogens is 160 g/mol. The summed E-state index contributed by atoms with van der Waals surface area (Å²) in [6.07, 6.45) is 5.04. The molecule has 2 saturated carbocycles. The van der Waals surface area contributed by atoms with Crippen LogP contribution >= 0.6 is 0 Å². The van der Waals surface area contributed by atoms with Gasteiger partial charge in [-0.2, -0.15) is 0 Å². The van der Waals surface area contributed by atoms with E-state index in [-0.39, 0.29) is 6.10 Å². The lowest BCUT2D eigenvalue weighted by molar-refractivity contribution is -0.00394. The van der Waals surface area contributed by atoms with E-state index in [1.54, 1.807) is 0 Å². The van der Waals surface area contributed by atoms with Gasteiger partial charge < -0.3 is 5.11 Å². The summed E-state index contributed by atoms with van der Waals surface area (Å²) in [6.45, 7) is 6.83. The molecule has 1 heteroatoms. The normalized spacial score (nSPS) is 43.8. The number of aliphatic hydroxyl groups excluding tert-OH is 1. The van der Waals surface area contributed by atoms with Gasteiger partial charge in [0.05, 0.1) is 6.10 Å². The first kappa shape index (κ1) is 9.51. The highest BCUT2D eigenvalue weighted by molar-refractivity contribution is 5.03. The van der Waals surface area contributed by atoms with E-state index in [2.05, 4.69) is 20.8 Å². The zero-order valence-corrected chi connectivity index (χ0v) is 9.09. The van der Waals surface area contributed by atoms with Crippen molar-refractivity contribution in [2.45, 2.75) is 52.6 Å². The van der Waals surface area contributed by atoms with E-state index in [0.717, 1.165) is 18.3 Å². The summed E-state index contributed by atoms with van der Waals surface area (Å²) >= 11 is 0. The van der Waals surface area contributed by atoms with E-state index < -0.39 is 0 Å². The Morgan fingerprint density at radius 3 is 2.54 bits per heavy atom. The topological polar surface area (TPSA) is 20.2 Å². The molecule has 76 valence electrons. The lowest BCUT2D eigenvalue weighted by atomic mass is 9.66. The summed E-state index contributed by atoms with van der Waals surface area (Å²) in [5.74, 6) is 2.30. The number of hydrogen-bond donors (Lipinski definition) is 1. The molecule has 2 fully saturated rings. The largest absolute Gasteiger partial charge is 0.393 e. The Morgan fingerprint density at radius 1 is 1.38 bits per heavy atom. The molecule has 2 aliphatic rings. The second-order valence-electron chi connectivity index (χ2n) is 5.59. The predicted molar refractivity (Wildman–Crippen MR) is 54.4 cm³/mol.